The van der Waals surface area contributed by atoms with Crippen molar-refractivity contribution in [1.29, 1.82) is 0 Å². The predicted octanol–water partition coefficient (Wildman–Crippen LogP) is 17.8. The number of hydrogen-bond acceptors (Lipinski definition) is 6. The molecule has 0 fully saturated rings. The van der Waals surface area contributed by atoms with Crippen molar-refractivity contribution in [1.82, 2.24) is 5.32 Å². The molecule has 72 heavy (non-hydrogen) atoms. The van der Waals surface area contributed by atoms with Gasteiger partial charge in [0.05, 0.1) is 39.9 Å². The Kier molecular flexibility index (Phi) is 51.8. The van der Waals surface area contributed by atoms with Crippen molar-refractivity contribution in [3.05, 3.63) is 85.1 Å². The molecule has 0 aromatic rings. The number of allylic oxidation sites excluding steroid dienone is 13. The van der Waals surface area contributed by atoms with Crippen LogP contribution < -0.4 is 10.2 Å². The Morgan fingerprint density at radius 2 is 0.861 bits per heavy atom. The largest absolute Gasteiger partial charge is 0.756 e. The number of hydrogen-bond donors (Lipinski definition) is 2. The zero-order valence-corrected chi connectivity index (χ0v) is 48.5. The summed E-state index contributed by atoms with van der Waals surface area (Å²) in [5.74, 6) is -0.211. The molecule has 418 valence electrons. The number of aliphatic hydroxyl groups is 1. The van der Waals surface area contributed by atoms with Gasteiger partial charge < -0.3 is 28.8 Å². The Hall–Kier alpha value is -2.32. The molecule has 0 rings (SSSR count). The highest BCUT2D eigenvalue weighted by atomic mass is 31.2. The molecule has 0 spiro atoms. The van der Waals surface area contributed by atoms with Crippen LogP contribution in [0.4, 0.5) is 0 Å². The van der Waals surface area contributed by atoms with E-state index >= 15 is 0 Å². The number of unbranched alkanes of at least 4 members (excludes halogenated alkanes) is 29. The molecule has 0 aromatic heterocycles. The van der Waals surface area contributed by atoms with Crippen molar-refractivity contribution >= 4 is 13.7 Å². The number of carbonyl (C=O) groups excluding carboxylic acids is 1. The monoisotopic (exact) mass is 1030 g/mol. The third-order valence-corrected chi connectivity index (χ3v) is 14.0. The molecule has 0 aliphatic heterocycles. The summed E-state index contributed by atoms with van der Waals surface area (Å²) < 4.78 is 23.3. The predicted molar refractivity (Wildman–Crippen MR) is 311 cm³/mol. The van der Waals surface area contributed by atoms with Crippen LogP contribution >= 0.6 is 7.82 Å². The third kappa shape index (κ3) is 55.4. The Balaban J connectivity index is 4.16. The first-order valence-corrected chi connectivity index (χ1v) is 31.4. The van der Waals surface area contributed by atoms with Crippen LogP contribution in [0.3, 0.4) is 0 Å². The Morgan fingerprint density at radius 3 is 1.29 bits per heavy atom. The van der Waals surface area contributed by atoms with Crippen LogP contribution in [0.5, 0.6) is 0 Å². The van der Waals surface area contributed by atoms with E-state index in [1.165, 1.54) is 167 Å². The van der Waals surface area contributed by atoms with Gasteiger partial charge in [0.2, 0.25) is 5.91 Å². The number of likely N-dealkylation sites (N-methyl/N-ethyl adjacent to an activating group) is 1. The molecule has 3 unspecified atom stereocenters. The smallest absolute Gasteiger partial charge is 0.268 e. The quantitative estimate of drug-likeness (QED) is 0.0272. The highest BCUT2D eigenvalue weighted by Gasteiger charge is 2.23. The van der Waals surface area contributed by atoms with Gasteiger partial charge in [-0.1, -0.05) is 253 Å². The van der Waals surface area contributed by atoms with Crippen LogP contribution in [-0.4, -0.2) is 68.5 Å². The van der Waals surface area contributed by atoms with Crippen LogP contribution in [0.25, 0.3) is 0 Å². The summed E-state index contributed by atoms with van der Waals surface area (Å²) in [5, 5.41) is 13.9. The molecule has 0 aromatic carbocycles. The molecule has 0 radical (unpaired) electrons. The summed E-state index contributed by atoms with van der Waals surface area (Å²) in [7, 11) is 1.23. The van der Waals surface area contributed by atoms with Gasteiger partial charge in [-0.3, -0.25) is 9.36 Å². The second kappa shape index (κ2) is 53.5. The van der Waals surface area contributed by atoms with Gasteiger partial charge in [0.25, 0.3) is 7.82 Å². The summed E-state index contributed by atoms with van der Waals surface area (Å²) in [4.78, 5) is 25.5. The molecule has 3 atom stereocenters. The fraction of sp³-hybridized carbons (Fsp3) is 0.762. The van der Waals surface area contributed by atoms with Crippen LogP contribution in [0.2, 0.25) is 0 Å². The molecule has 0 saturated carbocycles. The summed E-state index contributed by atoms with van der Waals surface area (Å²) in [6.07, 6.45) is 75.3. The Morgan fingerprint density at radius 1 is 0.500 bits per heavy atom. The molecule has 0 aliphatic rings. The summed E-state index contributed by atoms with van der Waals surface area (Å²) >= 11 is 0. The molecular weight excluding hydrogens is 912 g/mol. The van der Waals surface area contributed by atoms with Gasteiger partial charge in [0.1, 0.15) is 13.2 Å². The minimum atomic E-state index is -4.61. The van der Waals surface area contributed by atoms with E-state index in [9.17, 15) is 19.4 Å². The molecule has 2 N–H and O–H groups in total. The minimum Gasteiger partial charge on any atom is -0.756 e. The van der Waals surface area contributed by atoms with Gasteiger partial charge in [-0.15, -0.1) is 0 Å². The number of phosphoric ester groups is 1. The number of carbonyl (C=O) groups is 1. The molecule has 9 heteroatoms. The standard InChI is InChI=1S/C63H115N2O6P/c1-6-8-10-12-14-16-18-20-22-24-26-27-28-29-30-31-32-33-34-35-36-37-39-41-43-45-47-49-51-53-55-57-63(67)64-61(60-71-72(68,69)70-59-58-65(3,4)5)62(66)56-54-52-50-48-46-44-42-40-38-25-23-21-19-17-15-13-11-9-7-2/h8,10,14,16,20,22,26-27,38,40,46,48,54,56,61-62,66H,6-7,9,11-13,15,17-19,21,23-25,28-37,39,41-45,47,49-53,55,57-60H2,1-5H3,(H-,64,67,68,69)/b10-8-,16-14-,22-20-,27-26-,40-38+,48-46+,56-54+. The zero-order valence-electron chi connectivity index (χ0n) is 47.6. The van der Waals surface area contributed by atoms with E-state index in [0.29, 0.717) is 17.4 Å². The summed E-state index contributed by atoms with van der Waals surface area (Å²) in [5.41, 5.74) is 0. The van der Waals surface area contributed by atoms with E-state index in [1.54, 1.807) is 6.08 Å². The maximum atomic E-state index is 13.0. The van der Waals surface area contributed by atoms with E-state index in [4.69, 9.17) is 9.05 Å². The Bertz CT molecular complexity index is 1450. The van der Waals surface area contributed by atoms with Crippen LogP contribution in [-0.2, 0) is 18.4 Å². The van der Waals surface area contributed by atoms with Gasteiger partial charge in [0, 0.05) is 6.42 Å². The number of aliphatic hydroxyl groups excluding tert-OH is 1. The van der Waals surface area contributed by atoms with Crippen molar-refractivity contribution < 1.29 is 32.9 Å². The summed E-state index contributed by atoms with van der Waals surface area (Å²) in [6.45, 7) is 4.52. The maximum absolute atomic E-state index is 13.0. The van der Waals surface area contributed by atoms with E-state index in [0.717, 1.165) is 70.6 Å². The van der Waals surface area contributed by atoms with Gasteiger partial charge in [-0.2, -0.15) is 0 Å². The second-order valence-electron chi connectivity index (χ2n) is 21.3. The number of nitrogens with one attached hydrogen (secondary N) is 1. The highest BCUT2D eigenvalue weighted by molar-refractivity contribution is 7.45. The number of quaternary nitrogens is 1. The average Bonchev–Trinajstić information content (AvgIpc) is 3.34. The zero-order chi connectivity index (χ0) is 52.7. The first kappa shape index (κ1) is 69.7. The van der Waals surface area contributed by atoms with E-state index in [1.807, 2.05) is 27.2 Å². The van der Waals surface area contributed by atoms with Crippen LogP contribution in [0.1, 0.15) is 258 Å². The number of amides is 1. The van der Waals surface area contributed by atoms with Gasteiger partial charge in [-0.05, 0) is 83.5 Å². The van der Waals surface area contributed by atoms with Crippen molar-refractivity contribution in [3.63, 3.8) is 0 Å². The van der Waals surface area contributed by atoms with E-state index in [2.05, 4.69) is 92.1 Å². The molecule has 0 heterocycles. The molecule has 0 bridgehead atoms. The molecule has 0 saturated heterocycles. The number of phosphoric acid groups is 1. The summed E-state index contributed by atoms with van der Waals surface area (Å²) in [6, 6.07) is -0.913. The van der Waals surface area contributed by atoms with Crippen molar-refractivity contribution in [2.24, 2.45) is 0 Å². The lowest BCUT2D eigenvalue weighted by Crippen LogP contribution is -2.45. The van der Waals surface area contributed by atoms with Crippen LogP contribution in [0.15, 0.2) is 85.1 Å². The SMILES string of the molecule is CC/C=C\C/C=C\C/C=C\C/C=C\CCCCCCCCCCCCCCCCCCCCC(=O)NC(COP(=O)([O-])OCC[N+](C)(C)C)C(O)/C=C/CC/C=C/CC/C=C/CCCCCCCCCCC. The molecule has 1 amide bonds. The lowest BCUT2D eigenvalue weighted by molar-refractivity contribution is -0.870. The van der Waals surface area contributed by atoms with Gasteiger partial charge in [-0.25, -0.2) is 0 Å². The van der Waals surface area contributed by atoms with E-state index < -0.39 is 26.6 Å². The topological polar surface area (TPSA) is 108 Å². The van der Waals surface area contributed by atoms with Crippen molar-refractivity contribution in [2.45, 2.75) is 270 Å². The lowest BCUT2D eigenvalue weighted by Gasteiger charge is -2.29. The second-order valence-corrected chi connectivity index (χ2v) is 22.7. The first-order chi connectivity index (χ1) is 35.0. The van der Waals surface area contributed by atoms with Gasteiger partial charge >= 0.3 is 0 Å². The lowest BCUT2D eigenvalue weighted by atomic mass is 10.0. The normalized spacial score (nSPS) is 14.5. The van der Waals surface area contributed by atoms with Crippen LogP contribution in [0, 0.1) is 0 Å². The number of rotatable bonds is 54. The molecule has 0 aliphatic carbocycles. The number of nitrogens with zero attached hydrogens (tertiary/aromatic N) is 1. The Labute approximate surface area is 446 Å². The van der Waals surface area contributed by atoms with Gasteiger partial charge in [0.15, 0.2) is 0 Å². The first-order valence-electron chi connectivity index (χ1n) is 29.9. The molecule has 8 nitrogen and oxygen atoms in total. The highest BCUT2D eigenvalue weighted by Crippen LogP contribution is 2.38. The fourth-order valence-electron chi connectivity index (χ4n) is 8.41. The van der Waals surface area contributed by atoms with E-state index in [-0.39, 0.29) is 12.5 Å². The third-order valence-electron chi connectivity index (χ3n) is 13.1. The average molecular weight is 1030 g/mol. The minimum absolute atomic E-state index is 0.0109. The van der Waals surface area contributed by atoms with Crippen molar-refractivity contribution in [2.75, 3.05) is 40.9 Å². The fourth-order valence-corrected chi connectivity index (χ4v) is 9.14. The molecular formula is C63H115N2O6P. The maximum Gasteiger partial charge on any atom is 0.268 e. The van der Waals surface area contributed by atoms with Crippen molar-refractivity contribution in [3.8, 4) is 0 Å².